The molecule has 33 heavy (non-hydrogen) atoms. The first-order valence-electron chi connectivity index (χ1n) is 10.7. The molecule has 0 unspecified atom stereocenters. The SMILES string of the molecule is Cc1cccc(CNC(=O)Nc2nc3ccc(C(=O)Nc4c(C)cc(C)cc4C)cc3s2)c1. The Balaban J connectivity index is 1.44. The number of hydrogen-bond acceptors (Lipinski definition) is 4. The molecule has 0 radical (unpaired) electrons. The van der Waals surface area contributed by atoms with Crippen LogP contribution in [0.15, 0.2) is 54.6 Å². The molecule has 168 valence electrons. The maximum atomic E-state index is 12.9. The predicted molar refractivity (Wildman–Crippen MR) is 135 cm³/mol. The van der Waals surface area contributed by atoms with Crippen molar-refractivity contribution in [1.29, 1.82) is 0 Å². The summed E-state index contributed by atoms with van der Waals surface area (Å²) in [6.45, 7) is 8.47. The molecule has 0 aliphatic heterocycles. The van der Waals surface area contributed by atoms with Gasteiger partial charge in [-0.25, -0.2) is 9.78 Å². The van der Waals surface area contributed by atoms with Gasteiger partial charge in [-0.3, -0.25) is 10.1 Å². The normalized spacial score (nSPS) is 10.8. The van der Waals surface area contributed by atoms with Crippen molar-refractivity contribution in [2.45, 2.75) is 34.2 Å². The van der Waals surface area contributed by atoms with E-state index in [1.807, 2.05) is 52.0 Å². The van der Waals surface area contributed by atoms with Gasteiger partial charge in [0.05, 0.1) is 10.2 Å². The zero-order valence-corrected chi connectivity index (χ0v) is 19.9. The van der Waals surface area contributed by atoms with Crippen LogP contribution in [0.1, 0.15) is 38.2 Å². The molecule has 0 aliphatic carbocycles. The molecule has 1 aromatic heterocycles. The molecule has 0 atom stereocenters. The zero-order chi connectivity index (χ0) is 23.5. The maximum Gasteiger partial charge on any atom is 0.321 e. The van der Waals surface area contributed by atoms with Gasteiger partial charge in [-0.1, -0.05) is 58.9 Å². The van der Waals surface area contributed by atoms with Gasteiger partial charge in [0.2, 0.25) is 0 Å². The number of aromatic nitrogens is 1. The van der Waals surface area contributed by atoms with E-state index in [1.165, 1.54) is 11.3 Å². The number of aryl methyl sites for hydroxylation is 4. The second-order valence-corrected chi connectivity index (χ2v) is 9.26. The molecule has 0 bridgehead atoms. The number of nitrogens with one attached hydrogen (secondary N) is 3. The molecule has 0 aliphatic rings. The zero-order valence-electron chi connectivity index (χ0n) is 19.1. The number of anilines is 2. The van der Waals surface area contributed by atoms with E-state index in [9.17, 15) is 9.59 Å². The minimum Gasteiger partial charge on any atom is -0.334 e. The van der Waals surface area contributed by atoms with Crippen LogP contribution in [0.5, 0.6) is 0 Å². The average Bonchev–Trinajstić information content (AvgIpc) is 3.16. The molecule has 1 heterocycles. The number of fused-ring (bicyclic) bond motifs is 1. The van der Waals surface area contributed by atoms with E-state index in [-0.39, 0.29) is 11.9 Å². The molecule has 3 amide bonds. The van der Waals surface area contributed by atoms with Crippen molar-refractivity contribution in [2.24, 2.45) is 0 Å². The molecule has 4 rings (SSSR count). The molecule has 7 heteroatoms. The van der Waals surface area contributed by atoms with Crippen LogP contribution in [0.25, 0.3) is 10.2 Å². The van der Waals surface area contributed by atoms with E-state index in [2.05, 4.69) is 33.1 Å². The summed E-state index contributed by atoms with van der Waals surface area (Å²) in [5.41, 5.74) is 7.51. The number of thiazole rings is 1. The van der Waals surface area contributed by atoms with E-state index < -0.39 is 0 Å². The molecular weight excluding hydrogens is 432 g/mol. The highest BCUT2D eigenvalue weighted by Crippen LogP contribution is 2.28. The number of benzene rings is 3. The van der Waals surface area contributed by atoms with E-state index in [4.69, 9.17) is 0 Å². The first-order valence-corrected chi connectivity index (χ1v) is 11.5. The van der Waals surface area contributed by atoms with Crippen molar-refractivity contribution < 1.29 is 9.59 Å². The topological polar surface area (TPSA) is 83.1 Å². The molecule has 0 saturated heterocycles. The second kappa shape index (κ2) is 9.42. The van der Waals surface area contributed by atoms with Gasteiger partial charge in [0, 0.05) is 17.8 Å². The van der Waals surface area contributed by atoms with Crippen LogP contribution in [0.4, 0.5) is 15.6 Å². The fourth-order valence-corrected chi connectivity index (χ4v) is 4.73. The van der Waals surface area contributed by atoms with E-state index in [1.54, 1.807) is 18.2 Å². The van der Waals surface area contributed by atoms with Gasteiger partial charge in [0.25, 0.3) is 5.91 Å². The lowest BCUT2D eigenvalue weighted by Crippen LogP contribution is -2.28. The number of urea groups is 1. The first-order chi connectivity index (χ1) is 15.8. The van der Waals surface area contributed by atoms with Crippen LogP contribution in [-0.2, 0) is 6.54 Å². The summed E-state index contributed by atoms with van der Waals surface area (Å²) in [5.74, 6) is -0.175. The summed E-state index contributed by atoms with van der Waals surface area (Å²) in [6, 6.07) is 17.1. The summed E-state index contributed by atoms with van der Waals surface area (Å²) in [7, 11) is 0. The first kappa shape index (κ1) is 22.5. The number of nitrogens with zero attached hydrogens (tertiary/aromatic N) is 1. The molecule has 0 fully saturated rings. The van der Waals surface area contributed by atoms with Crippen LogP contribution >= 0.6 is 11.3 Å². The third-order valence-corrected chi connectivity index (χ3v) is 6.26. The van der Waals surface area contributed by atoms with Crippen molar-refractivity contribution in [3.63, 3.8) is 0 Å². The van der Waals surface area contributed by atoms with Crippen molar-refractivity contribution in [2.75, 3.05) is 10.6 Å². The van der Waals surface area contributed by atoms with Crippen molar-refractivity contribution in [3.05, 3.63) is 88.0 Å². The van der Waals surface area contributed by atoms with E-state index >= 15 is 0 Å². The quantitative estimate of drug-likeness (QED) is 0.338. The summed E-state index contributed by atoms with van der Waals surface area (Å²) >= 11 is 1.33. The van der Waals surface area contributed by atoms with Gasteiger partial charge in [-0.2, -0.15) is 0 Å². The Morgan fingerprint density at radius 2 is 1.64 bits per heavy atom. The van der Waals surface area contributed by atoms with E-state index in [0.29, 0.717) is 17.2 Å². The molecule has 6 nitrogen and oxygen atoms in total. The fourth-order valence-electron chi connectivity index (χ4n) is 3.83. The Bertz CT molecular complexity index is 1340. The number of rotatable bonds is 5. The molecule has 0 saturated carbocycles. The minimum absolute atomic E-state index is 0.175. The number of amides is 3. The van der Waals surface area contributed by atoms with Gasteiger partial charge in [0.15, 0.2) is 5.13 Å². The lowest BCUT2D eigenvalue weighted by Gasteiger charge is -2.12. The van der Waals surface area contributed by atoms with Crippen LogP contribution in [0.2, 0.25) is 0 Å². The smallest absolute Gasteiger partial charge is 0.321 e. The number of carbonyl (C=O) groups is 2. The highest BCUT2D eigenvalue weighted by molar-refractivity contribution is 7.22. The van der Waals surface area contributed by atoms with Gasteiger partial charge in [-0.15, -0.1) is 0 Å². The Kier molecular flexibility index (Phi) is 6.42. The summed E-state index contributed by atoms with van der Waals surface area (Å²) in [4.78, 5) is 29.6. The van der Waals surface area contributed by atoms with Crippen LogP contribution < -0.4 is 16.0 Å². The van der Waals surface area contributed by atoms with Crippen molar-refractivity contribution >= 4 is 44.3 Å². The van der Waals surface area contributed by atoms with Gasteiger partial charge >= 0.3 is 6.03 Å². The largest absolute Gasteiger partial charge is 0.334 e. The Labute approximate surface area is 197 Å². The van der Waals surface area contributed by atoms with Gasteiger partial charge < -0.3 is 10.6 Å². The van der Waals surface area contributed by atoms with E-state index in [0.717, 1.165) is 43.7 Å². The third kappa shape index (κ3) is 5.38. The number of carbonyl (C=O) groups excluding carboxylic acids is 2. The Morgan fingerprint density at radius 1 is 0.879 bits per heavy atom. The second-order valence-electron chi connectivity index (χ2n) is 8.23. The van der Waals surface area contributed by atoms with Crippen LogP contribution in [-0.4, -0.2) is 16.9 Å². The highest BCUT2D eigenvalue weighted by atomic mass is 32.1. The highest BCUT2D eigenvalue weighted by Gasteiger charge is 2.13. The van der Waals surface area contributed by atoms with Crippen LogP contribution in [0.3, 0.4) is 0 Å². The summed E-state index contributed by atoms with van der Waals surface area (Å²) in [5, 5.41) is 9.13. The van der Waals surface area contributed by atoms with Crippen molar-refractivity contribution in [1.82, 2.24) is 10.3 Å². The molecule has 0 spiro atoms. The Hall–Kier alpha value is -3.71. The standard InChI is InChI=1S/C26H26N4O2S/c1-15-6-5-7-19(12-15)14-27-25(32)30-26-28-21-9-8-20(13-22(21)33-26)24(31)29-23-17(3)10-16(2)11-18(23)4/h5-13H,14H2,1-4H3,(H,29,31)(H2,27,28,30,32). The molecule has 3 N–H and O–H groups in total. The van der Waals surface area contributed by atoms with Gasteiger partial charge in [0.1, 0.15) is 0 Å². The summed E-state index contributed by atoms with van der Waals surface area (Å²) in [6.07, 6.45) is 0. The fraction of sp³-hybridized carbons (Fsp3) is 0.192. The number of hydrogen-bond donors (Lipinski definition) is 3. The Morgan fingerprint density at radius 3 is 2.36 bits per heavy atom. The third-order valence-electron chi connectivity index (χ3n) is 5.32. The maximum absolute atomic E-state index is 12.9. The minimum atomic E-state index is -0.321. The lowest BCUT2D eigenvalue weighted by molar-refractivity contribution is 0.102. The van der Waals surface area contributed by atoms with Gasteiger partial charge in [-0.05, 0) is 62.6 Å². The predicted octanol–water partition coefficient (Wildman–Crippen LogP) is 6.10. The molecule has 4 aromatic rings. The van der Waals surface area contributed by atoms with Crippen LogP contribution in [0, 0.1) is 27.7 Å². The average molecular weight is 459 g/mol. The monoisotopic (exact) mass is 458 g/mol. The molecule has 3 aromatic carbocycles. The summed E-state index contributed by atoms with van der Waals surface area (Å²) < 4.78 is 0.828. The lowest BCUT2D eigenvalue weighted by atomic mass is 10.0. The molecular formula is C26H26N4O2S. The van der Waals surface area contributed by atoms with Crippen molar-refractivity contribution in [3.8, 4) is 0 Å².